The second-order valence-electron chi connectivity index (χ2n) is 2.70. The lowest BCUT2D eigenvalue weighted by Gasteiger charge is -2.01. The van der Waals surface area contributed by atoms with Crippen LogP contribution in [-0.2, 0) is 14.3 Å². The topological polar surface area (TPSA) is 55.4 Å². The summed E-state index contributed by atoms with van der Waals surface area (Å²) in [6.45, 7) is 3.16. The molecule has 0 saturated carbocycles. The highest BCUT2D eigenvalue weighted by Gasteiger charge is 2.05. The molecule has 14 heavy (non-hydrogen) atoms. The molecule has 0 aliphatic rings. The van der Waals surface area contributed by atoms with E-state index in [1.54, 1.807) is 7.05 Å². The van der Waals surface area contributed by atoms with E-state index in [0.717, 1.165) is 18.2 Å². The maximum atomic E-state index is 11.1. The third-order valence-electron chi connectivity index (χ3n) is 1.44. The summed E-state index contributed by atoms with van der Waals surface area (Å²) in [7, 11) is 1.55. The number of amides is 1. The Hall–Kier alpha value is -0.550. The zero-order valence-electron chi connectivity index (χ0n) is 8.67. The van der Waals surface area contributed by atoms with E-state index in [4.69, 9.17) is 4.74 Å². The van der Waals surface area contributed by atoms with Gasteiger partial charge < -0.3 is 10.1 Å². The molecule has 0 aliphatic carbocycles. The van der Waals surface area contributed by atoms with E-state index in [1.807, 2.05) is 6.92 Å². The molecule has 0 aromatic carbocycles. The van der Waals surface area contributed by atoms with Crippen molar-refractivity contribution in [1.29, 1.82) is 0 Å². The van der Waals surface area contributed by atoms with Gasteiger partial charge in [0.25, 0.3) is 0 Å². The lowest BCUT2D eigenvalue weighted by molar-refractivity contribution is -0.118. The summed E-state index contributed by atoms with van der Waals surface area (Å²) < 4.78 is 5.15. The smallest absolute Gasteiger partial charge is 0.230 e. The molecule has 0 rings (SSSR count). The highest BCUT2D eigenvalue weighted by atomic mass is 32.2. The van der Waals surface area contributed by atoms with Gasteiger partial charge in [-0.05, 0) is 6.42 Å². The first-order chi connectivity index (χ1) is 6.70. The molecule has 0 aromatic heterocycles. The van der Waals surface area contributed by atoms with Gasteiger partial charge in [-0.1, -0.05) is 18.7 Å². The van der Waals surface area contributed by atoms with Crippen LogP contribution in [0.25, 0.3) is 0 Å². The van der Waals surface area contributed by atoms with Crippen molar-refractivity contribution in [3.8, 4) is 0 Å². The van der Waals surface area contributed by atoms with Crippen molar-refractivity contribution < 1.29 is 14.3 Å². The van der Waals surface area contributed by atoms with E-state index in [0.29, 0.717) is 19.6 Å². The molecule has 82 valence electrons. The average molecular weight is 219 g/mol. The van der Waals surface area contributed by atoms with Crippen LogP contribution >= 0.6 is 11.8 Å². The fourth-order valence-electron chi connectivity index (χ4n) is 0.692. The van der Waals surface area contributed by atoms with Crippen LogP contribution in [0.4, 0.5) is 0 Å². The molecule has 0 bridgehead atoms. The van der Waals surface area contributed by atoms with Crippen molar-refractivity contribution in [1.82, 2.24) is 5.32 Å². The SMILES string of the molecule is CCCOCCC(=O)SCC(=O)NC. The first-order valence-corrected chi connectivity index (χ1v) is 5.63. The zero-order valence-corrected chi connectivity index (χ0v) is 9.49. The molecule has 0 radical (unpaired) electrons. The standard InChI is InChI=1S/C9H17NO3S/c1-3-5-13-6-4-9(12)14-7-8(11)10-2/h3-7H2,1-2H3,(H,10,11). The molecule has 0 aromatic rings. The van der Waals surface area contributed by atoms with Crippen LogP contribution in [0.2, 0.25) is 0 Å². The fraction of sp³-hybridized carbons (Fsp3) is 0.778. The molecule has 1 N–H and O–H groups in total. The zero-order chi connectivity index (χ0) is 10.8. The molecular weight excluding hydrogens is 202 g/mol. The molecule has 0 fully saturated rings. The Balaban J connectivity index is 3.32. The maximum Gasteiger partial charge on any atom is 0.230 e. The largest absolute Gasteiger partial charge is 0.381 e. The van der Waals surface area contributed by atoms with Crippen molar-refractivity contribution in [3.63, 3.8) is 0 Å². The Labute approximate surface area is 88.8 Å². The minimum Gasteiger partial charge on any atom is -0.381 e. The molecule has 0 aliphatic heterocycles. The van der Waals surface area contributed by atoms with Gasteiger partial charge >= 0.3 is 0 Å². The lowest BCUT2D eigenvalue weighted by Crippen LogP contribution is -2.20. The number of nitrogens with one attached hydrogen (secondary N) is 1. The van der Waals surface area contributed by atoms with Crippen LogP contribution in [0.5, 0.6) is 0 Å². The molecular formula is C9H17NO3S. The molecule has 0 unspecified atom stereocenters. The van der Waals surface area contributed by atoms with Crippen LogP contribution in [0.3, 0.4) is 0 Å². The molecule has 5 heteroatoms. The van der Waals surface area contributed by atoms with E-state index >= 15 is 0 Å². The molecule has 0 atom stereocenters. The quantitative estimate of drug-likeness (QED) is 0.644. The van der Waals surface area contributed by atoms with Gasteiger partial charge in [-0.3, -0.25) is 9.59 Å². The van der Waals surface area contributed by atoms with E-state index < -0.39 is 0 Å². The minimum absolute atomic E-state index is 0.00435. The number of rotatable bonds is 7. The highest BCUT2D eigenvalue weighted by molar-refractivity contribution is 8.14. The van der Waals surface area contributed by atoms with Crippen molar-refractivity contribution in [2.24, 2.45) is 0 Å². The van der Waals surface area contributed by atoms with Crippen LogP contribution < -0.4 is 5.32 Å². The predicted octanol–water partition coefficient (Wildman–Crippen LogP) is 0.809. The Morgan fingerprint density at radius 2 is 2.07 bits per heavy atom. The Morgan fingerprint density at radius 1 is 1.36 bits per heavy atom. The molecule has 0 spiro atoms. The normalized spacial score (nSPS) is 9.86. The van der Waals surface area contributed by atoms with Crippen molar-refractivity contribution in [2.45, 2.75) is 19.8 Å². The Bertz CT molecular complexity index is 185. The van der Waals surface area contributed by atoms with Crippen LogP contribution in [-0.4, -0.2) is 37.0 Å². The fourth-order valence-corrected chi connectivity index (χ4v) is 1.36. The second-order valence-corrected chi connectivity index (χ2v) is 3.73. The summed E-state index contributed by atoms with van der Waals surface area (Å²) in [6.07, 6.45) is 1.33. The van der Waals surface area contributed by atoms with E-state index in [1.165, 1.54) is 0 Å². The summed E-state index contributed by atoms with van der Waals surface area (Å²) in [5.41, 5.74) is 0. The maximum absolute atomic E-state index is 11.1. The van der Waals surface area contributed by atoms with Crippen molar-refractivity contribution in [2.75, 3.05) is 26.0 Å². The summed E-state index contributed by atoms with van der Waals surface area (Å²) >= 11 is 1.04. The summed E-state index contributed by atoms with van der Waals surface area (Å²) in [5.74, 6) is 0.0705. The average Bonchev–Trinajstić information content (AvgIpc) is 2.21. The van der Waals surface area contributed by atoms with Gasteiger partial charge in [0.05, 0.1) is 12.4 Å². The van der Waals surface area contributed by atoms with Gasteiger partial charge in [0.15, 0.2) is 5.12 Å². The molecule has 4 nitrogen and oxygen atoms in total. The first-order valence-electron chi connectivity index (χ1n) is 4.64. The van der Waals surface area contributed by atoms with E-state index in [2.05, 4.69) is 5.32 Å². The molecule has 0 saturated heterocycles. The second kappa shape index (κ2) is 9.02. The number of hydrogen-bond acceptors (Lipinski definition) is 4. The monoisotopic (exact) mass is 219 g/mol. The van der Waals surface area contributed by atoms with Crippen LogP contribution in [0.1, 0.15) is 19.8 Å². The van der Waals surface area contributed by atoms with Gasteiger partial charge in [0.1, 0.15) is 0 Å². The van der Waals surface area contributed by atoms with Crippen LogP contribution in [0.15, 0.2) is 0 Å². The van der Waals surface area contributed by atoms with E-state index in [9.17, 15) is 9.59 Å². The summed E-state index contributed by atoms with van der Waals surface area (Å²) in [6, 6.07) is 0. The lowest BCUT2D eigenvalue weighted by atomic mass is 10.5. The van der Waals surface area contributed by atoms with Gasteiger partial charge in [-0.15, -0.1) is 0 Å². The first kappa shape index (κ1) is 13.4. The predicted molar refractivity (Wildman–Crippen MR) is 57.3 cm³/mol. The highest BCUT2D eigenvalue weighted by Crippen LogP contribution is 2.04. The van der Waals surface area contributed by atoms with Gasteiger partial charge in [0.2, 0.25) is 5.91 Å². The molecule has 1 amide bonds. The number of thioether (sulfide) groups is 1. The number of carbonyl (C=O) groups excluding carboxylic acids is 2. The number of hydrogen-bond donors (Lipinski definition) is 1. The van der Waals surface area contributed by atoms with Crippen LogP contribution in [0, 0.1) is 0 Å². The van der Waals surface area contributed by atoms with Gasteiger partial charge in [0, 0.05) is 20.1 Å². The summed E-state index contributed by atoms with van der Waals surface area (Å²) in [4.78, 5) is 21.9. The Kier molecular flexibility index (Phi) is 8.67. The van der Waals surface area contributed by atoms with Crippen molar-refractivity contribution >= 4 is 22.8 Å². The Morgan fingerprint density at radius 3 is 2.64 bits per heavy atom. The summed E-state index contributed by atoms with van der Waals surface area (Å²) in [5, 5.41) is 2.46. The van der Waals surface area contributed by atoms with Gasteiger partial charge in [-0.2, -0.15) is 0 Å². The number of carbonyl (C=O) groups is 2. The molecule has 0 heterocycles. The third-order valence-corrected chi connectivity index (χ3v) is 2.37. The van der Waals surface area contributed by atoms with E-state index in [-0.39, 0.29) is 16.8 Å². The number of ether oxygens (including phenoxy) is 1. The van der Waals surface area contributed by atoms with Crippen molar-refractivity contribution in [3.05, 3.63) is 0 Å². The third kappa shape index (κ3) is 8.07. The van der Waals surface area contributed by atoms with Gasteiger partial charge in [-0.25, -0.2) is 0 Å². The minimum atomic E-state index is -0.127.